The summed E-state index contributed by atoms with van der Waals surface area (Å²) in [6.07, 6.45) is 0. The molecule has 4 heterocycles. The number of aromatic nitrogens is 3. The molecule has 0 radical (unpaired) electrons. The van der Waals surface area contributed by atoms with Gasteiger partial charge in [0.2, 0.25) is 0 Å². The summed E-state index contributed by atoms with van der Waals surface area (Å²) >= 11 is 5.16. The number of hydrogen-bond acceptors (Lipinski definition) is 14. The first-order valence-electron chi connectivity index (χ1n) is 9.52. The number of aliphatic carboxylic acids is 1. The van der Waals surface area contributed by atoms with Crippen LogP contribution < -0.4 is 16.8 Å². The van der Waals surface area contributed by atoms with Crippen molar-refractivity contribution in [1.82, 2.24) is 25.4 Å². The zero-order valence-corrected chi connectivity index (χ0v) is 20.7. The topological polar surface area (TPSA) is 199 Å². The predicted molar refractivity (Wildman–Crippen MR) is 128 cm³/mol. The van der Waals surface area contributed by atoms with Gasteiger partial charge in [0.15, 0.2) is 15.2 Å². The molecule has 1 unspecified atom stereocenters. The van der Waals surface area contributed by atoms with Gasteiger partial charge in [-0.25, -0.2) is 9.78 Å². The van der Waals surface area contributed by atoms with Crippen molar-refractivity contribution in [2.45, 2.75) is 22.3 Å². The predicted octanol–water partition coefficient (Wildman–Crippen LogP) is -0.0831. The molecule has 2 atom stereocenters. The number of nitrogen functional groups attached to an aromatic ring is 1. The zero-order valence-electron chi connectivity index (χ0n) is 17.5. The zero-order chi connectivity index (χ0) is 24.4. The van der Waals surface area contributed by atoms with Crippen molar-refractivity contribution in [3.05, 3.63) is 27.4 Å². The lowest BCUT2D eigenvalue weighted by atomic mass is 10.0. The van der Waals surface area contributed by atoms with E-state index in [1.54, 1.807) is 5.38 Å². The van der Waals surface area contributed by atoms with E-state index >= 15 is 0 Å². The Balaban J connectivity index is 1.48. The lowest BCUT2D eigenvalue weighted by Gasteiger charge is -2.49. The van der Waals surface area contributed by atoms with Crippen LogP contribution in [0.25, 0.3) is 0 Å². The summed E-state index contributed by atoms with van der Waals surface area (Å²) in [5.74, 6) is -1.71. The quantitative estimate of drug-likeness (QED) is 0.142. The molecule has 1 fully saturated rings. The van der Waals surface area contributed by atoms with E-state index in [2.05, 4.69) is 25.7 Å². The number of thioether (sulfide) groups is 2. The highest BCUT2D eigenvalue weighted by atomic mass is 32.2. The summed E-state index contributed by atoms with van der Waals surface area (Å²) in [7, 11) is 1.28. The molecule has 2 amide bonds. The summed E-state index contributed by atoms with van der Waals surface area (Å²) in [5.41, 5.74) is 11.8. The molecule has 2 aromatic rings. The molecular formula is C17H18N8O5S4. The maximum atomic E-state index is 12.9. The fourth-order valence-corrected chi connectivity index (χ4v) is 7.03. The van der Waals surface area contributed by atoms with E-state index in [0.29, 0.717) is 26.4 Å². The van der Waals surface area contributed by atoms with Crippen LogP contribution in [0.4, 0.5) is 5.13 Å². The van der Waals surface area contributed by atoms with Crippen LogP contribution in [0.3, 0.4) is 0 Å². The number of β-lactam (4-membered cyclic amide) rings is 1. The second-order valence-corrected chi connectivity index (χ2v) is 11.0. The number of nitrogens with zero attached hydrogens (tertiary/aromatic N) is 5. The van der Waals surface area contributed by atoms with Gasteiger partial charge in [-0.2, -0.15) is 0 Å². The van der Waals surface area contributed by atoms with Gasteiger partial charge < -0.3 is 26.7 Å². The highest BCUT2D eigenvalue weighted by molar-refractivity contribution is 8.01. The molecule has 180 valence electrons. The van der Waals surface area contributed by atoms with Gasteiger partial charge >= 0.3 is 5.97 Å². The first-order chi connectivity index (χ1) is 16.3. The second kappa shape index (κ2) is 10.3. The number of carbonyl (C=O) groups excluding carboxylic acids is 2. The number of carboxylic acids is 1. The normalized spacial score (nSPS) is 20.1. The average Bonchev–Trinajstić information content (AvgIpc) is 3.47. The van der Waals surface area contributed by atoms with Crippen LogP contribution in [-0.2, 0) is 25.8 Å². The Morgan fingerprint density at radius 1 is 1.44 bits per heavy atom. The Kier molecular flexibility index (Phi) is 7.36. The molecule has 2 aliphatic heterocycles. The average molecular weight is 543 g/mol. The van der Waals surface area contributed by atoms with Crippen molar-refractivity contribution in [3.8, 4) is 0 Å². The fraction of sp³-hybridized carbons (Fsp3) is 0.353. The van der Waals surface area contributed by atoms with Gasteiger partial charge in [-0.1, -0.05) is 28.3 Å². The smallest absolute Gasteiger partial charge is 0.352 e. The van der Waals surface area contributed by atoms with Crippen LogP contribution >= 0.6 is 46.2 Å². The molecule has 0 spiro atoms. The summed E-state index contributed by atoms with van der Waals surface area (Å²) in [4.78, 5) is 47.7. The fourth-order valence-electron chi connectivity index (χ4n) is 3.22. The molecule has 0 bridgehead atoms. The molecule has 1 saturated heterocycles. The molecule has 2 aliphatic rings. The maximum Gasteiger partial charge on any atom is 0.352 e. The minimum Gasteiger partial charge on any atom is -0.477 e. The van der Waals surface area contributed by atoms with E-state index < -0.39 is 29.2 Å². The Morgan fingerprint density at radius 2 is 2.24 bits per heavy atom. The summed E-state index contributed by atoms with van der Waals surface area (Å²) < 4.78 is 0.664. The third-order valence-electron chi connectivity index (χ3n) is 4.69. The minimum absolute atomic E-state index is 0.0756. The van der Waals surface area contributed by atoms with Gasteiger partial charge in [-0.05, 0) is 5.57 Å². The molecule has 0 saturated carbocycles. The number of carbonyl (C=O) groups is 3. The number of carboxylic acid groups (broad SMARTS) is 1. The molecule has 13 nitrogen and oxygen atoms in total. The van der Waals surface area contributed by atoms with Crippen LogP contribution in [0.1, 0.15) is 10.7 Å². The third kappa shape index (κ3) is 4.74. The SMILES string of the molecule is CON=C(C(=O)NC1C(=O)N2C(C(=O)O)=C(CSc3nnc(CN)s3)CS[C@@H]12)c1csc(N)n1. The number of fused-ring (bicyclic) bond motifs is 1. The molecule has 17 heteroatoms. The van der Waals surface area contributed by atoms with Gasteiger partial charge in [0.05, 0.1) is 0 Å². The van der Waals surface area contributed by atoms with Crippen molar-refractivity contribution in [1.29, 1.82) is 0 Å². The molecule has 0 aliphatic carbocycles. The first-order valence-corrected chi connectivity index (χ1v) is 13.3. The summed E-state index contributed by atoms with van der Waals surface area (Å²) in [6, 6.07) is -0.922. The Labute approximate surface area is 209 Å². The monoisotopic (exact) mass is 542 g/mol. The van der Waals surface area contributed by atoms with Crippen LogP contribution in [-0.4, -0.2) is 78.7 Å². The summed E-state index contributed by atoms with van der Waals surface area (Å²) in [5, 5.41) is 26.0. The highest BCUT2D eigenvalue weighted by Gasteiger charge is 2.54. The van der Waals surface area contributed by atoms with E-state index in [1.807, 2.05) is 0 Å². The van der Waals surface area contributed by atoms with Crippen molar-refractivity contribution in [3.63, 3.8) is 0 Å². The second-order valence-electron chi connectivity index (χ2n) is 6.77. The van der Waals surface area contributed by atoms with Crippen molar-refractivity contribution < 1.29 is 24.3 Å². The Hall–Kier alpha value is -2.73. The third-order valence-corrected chi connectivity index (χ3v) is 8.87. The molecule has 6 N–H and O–H groups in total. The van der Waals surface area contributed by atoms with Gasteiger partial charge in [-0.3, -0.25) is 14.5 Å². The van der Waals surface area contributed by atoms with Gasteiger partial charge in [0.25, 0.3) is 11.8 Å². The number of anilines is 1. The Bertz CT molecular complexity index is 1190. The lowest BCUT2D eigenvalue weighted by molar-refractivity contribution is -0.150. The van der Waals surface area contributed by atoms with Crippen LogP contribution in [0.15, 0.2) is 26.1 Å². The number of amides is 2. The number of rotatable bonds is 9. The standard InChI is InChI=1S/C17H18N8O5S4/c1-30-24-9(7-5-32-16(19)20-7)12(26)21-10-13(27)25-11(15(28)29)6(3-31-14(10)25)4-33-17-23-22-8(2-18)34-17/h5,10,14H,2-4,18H2,1H3,(H2,19,20)(H,21,26)(H,28,29)/t10?,14-/m0/s1. The van der Waals surface area contributed by atoms with E-state index in [4.69, 9.17) is 16.3 Å². The van der Waals surface area contributed by atoms with E-state index in [1.165, 1.54) is 46.9 Å². The number of hydrogen-bond donors (Lipinski definition) is 4. The molecule has 2 aromatic heterocycles. The van der Waals surface area contributed by atoms with Crippen LogP contribution in [0.2, 0.25) is 0 Å². The van der Waals surface area contributed by atoms with Crippen LogP contribution in [0, 0.1) is 0 Å². The maximum absolute atomic E-state index is 12.9. The number of nitrogens with two attached hydrogens (primary N) is 2. The molecular weight excluding hydrogens is 525 g/mol. The van der Waals surface area contributed by atoms with Crippen molar-refractivity contribution in [2.24, 2.45) is 10.9 Å². The number of oxime groups is 1. The van der Waals surface area contributed by atoms with Gasteiger partial charge in [-0.15, -0.1) is 33.3 Å². The van der Waals surface area contributed by atoms with Crippen molar-refractivity contribution in [2.75, 3.05) is 24.3 Å². The largest absolute Gasteiger partial charge is 0.477 e. The first kappa shape index (κ1) is 24.4. The molecule has 0 aromatic carbocycles. The number of nitrogens with one attached hydrogen (secondary N) is 1. The number of thiazole rings is 1. The van der Waals surface area contributed by atoms with Crippen molar-refractivity contribution >= 4 is 74.8 Å². The Morgan fingerprint density at radius 3 is 2.85 bits per heavy atom. The molecule has 4 rings (SSSR count). The minimum atomic E-state index is -1.21. The van der Waals surface area contributed by atoms with E-state index in [9.17, 15) is 19.5 Å². The van der Waals surface area contributed by atoms with E-state index in [0.717, 1.165) is 11.3 Å². The molecule has 34 heavy (non-hydrogen) atoms. The van der Waals surface area contributed by atoms with E-state index in [-0.39, 0.29) is 28.8 Å². The van der Waals surface area contributed by atoms with Gasteiger partial charge in [0, 0.05) is 23.4 Å². The lowest BCUT2D eigenvalue weighted by Crippen LogP contribution is -2.71. The highest BCUT2D eigenvalue weighted by Crippen LogP contribution is 2.41. The van der Waals surface area contributed by atoms with Gasteiger partial charge in [0.1, 0.15) is 34.9 Å². The van der Waals surface area contributed by atoms with Crippen LogP contribution in [0.5, 0.6) is 0 Å². The summed E-state index contributed by atoms with van der Waals surface area (Å²) in [6.45, 7) is 0.279.